The van der Waals surface area contributed by atoms with Crippen LogP contribution in [0.25, 0.3) is 0 Å². The minimum atomic E-state index is -1.20. The summed E-state index contributed by atoms with van der Waals surface area (Å²) in [6.45, 7) is 1.01. The van der Waals surface area contributed by atoms with Crippen molar-refractivity contribution in [3.05, 3.63) is 53.9 Å². The maximum atomic E-state index is 12.0. The van der Waals surface area contributed by atoms with Gasteiger partial charge in [0.15, 0.2) is 0 Å². The first-order chi connectivity index (χ1) is 11.1. The lowest BCUT2D eigenvalue weighted by atomic mass is 10.1. The molecule has 3 rings (SSSR count). The van der Waals surface area contributed by atoms with Crippen LogP contribution in [0.2, 0.25) is 0 Å². The van der Waals surface area contributed by atoms with Crippen molar-refractivity contribution in [2.45, 2.75) is 32.4 Å². The maximum absolute atomic E-state index is 12.0. The van der Waals surface area contributed by atoms with E-state index in [-0.39, 0.29) is 0 Å². The van der Waals surface area contributed by atoms with E-state index < -0.39 is 17.3 Å². The van der Waals surface area contributed by atoms with Crippen LogP contribution in [0, 0.1) is 5.41 Å². The van der Waals surface area contributed by atoms with Gasteiger partial charge in [-0.15, -0.1) is 0 Å². The molecule has 0 radical (unpaired) electrons. The molecule has 2 aromatic rings. The number of nitrogens with one attached hydrogen (secondary N) is 1. The van der Waals surface area contributed by atoms with E-state index >= 15 is 0 Å². The van der Waals surface area contributed by atoms with E-state index in [4.69, 9.17) is 5.11 Å². The quantitative estimate of drug-likeness (QED) is 0.761. The highest BCUT2D eigenvalue weighted by Crippen LogP contribution is 2.46. The van der Waals surface area contributed by atoms with Crippen LogP contribution in [-0.4, -0.2) is 26.8 Å². The standard InChI is InChI=1S/C17H19N3O3/c21-15(17(8-9-17)16(22)23)18-12-14-6-10-19-20(14)11-7-13-4-2-1-3-5-13/h1-6,10H,7-9,11-12H2,(H,18,21)(H,22,23). The highest BCUT2D eigenvalue weighted by atomic mass is 16.4. The van der Waals surface area contributed by atoms with E-state index in [2.05, 4.69) is 22.5 Å². The van der Waals surface area contributed by atoms with Gasteiger partial charge in [0.05, 0.1) is 12.2 Å². The lowest BCUT2D eigenvalue weighted by Crippen LogP contribution is -2.37. The first-order valence-corrected chi connectivity index (χ1v) is 7.68. The van der Waals surface area contributed by atoms with Crippen molar-refractivity contribution in [2.75, 3.05) is 0 Å². The molecule has 0 aliphatic heterocycles. The van der Waals surface area contributed by atoms with Gasteiger partial charge in [0.25, 0.3) is 0 Å². The molecule has 1 fully saturated rings. The summed E-state index contributed by atoms with van der Waals surface area (Å²) in [6, 6.07) is 11.9. The molecule has 0 saturated heterocycles. The summed E-state index contributed by atoms with van der Waals surface area (Å²) < 4.78 is 1.84. The first-order valence-electron chi connectivity index (χ1n) is 7.68. The van der Waals surface area contributed by atoms with E-state index in [0.29, 0.717) is 25.9 Å². The van der Waals surface area contributed by atoms with Crippen molar-refractivity contribution in [1.29, 1.82) is 0 Å². The molecule has 1 aliphatic rings. The fourth-order valence-corrected chi connectivity index (χ4v) is 2.59. The Bertz CT molecular complexity index is 705. The maximum Gasteiger partial charge on any atom is 0.319 e. The molecule has 1 aromatic heterocycles. The Morgan fingerprint density at radius 2 is 1.96 bits per heavy atom. The molecule has 1 aromatic carbocycles. The van der Waals surface area contributed by atoms with Crippen molar-refractivity contribution in [3.63, 3.8) is 0 Å². The largest absolute Gasteiger partial charge is 0.480 e. The van der Waals surface area contributed by atoms with E-state index in [1.165, 1.54) is 5.56 Å². The number of aryl methyl sites for hydroxylation is 2. The zero-order valence-electron chi connectivity index (χ0n) is 12.7. The van der Waals surface area contributed by atoms with E-state index in [9.17, 15) is 9.59 Å². The summed E-state index contributed by atoms with van der Waals surface area (Å²) in [5.41, 5.74) is 0.894. The molecule has 0 spiro atoms. The Balaban J connectivity index is 1.56. The highest BCUT2D eigenvalue weighted by Gasteiger charge is 2.56. The predicted octanol–water partition coefficient (Wildman–Crippen LogP) is 1.61. The van der Waals surface area contributed by atoms with E-state index in [1.54, 1.807) is 6.20 Å². The van der Waals surface area contributed by atoms with Gasteiger partial charge in [-0.2, -0.15) is 5.10 Å². The normalized spacial score (nSPS) is 15.1. The number of carboxylic acid groups (broad SMARTS) is 1. The number of carbonyl (C=O) groups excluding carboxylic acids is 1. The predicted molar refractivity (Wildman–Crippen MR) is 83.5 cm³/mol. The Labute approximate surface area is 134 Å². The number of hydrogen-bond donors (Lipinski definition) is 2. The highest BCUT2D eigenvalue weighted by molar-refractivity contribution is 6.04. The van der Waals surface area contributed by atoms with Gasteiger partial charge < -0.3 is 10.4 Å². The van der Waals surface area contributed by atoms with Gasteiger partial charge in [0.2, 0.25) is 5.91 Å². The number of aliphatic carboxylic acids is 1. The summed E-state index contributed by atoms with van der Waals surface area (Å²) in [6.07, 6.45) is 3.38. The number of nitrogens with zero attached hydrogens (tertiary/aromatic N) is 2. The van der Waals surface area contributed by atoms with Crippen LogP contribution in [0.1, 0.15) is 24.1 Å². The van der Waals surface area contributed by atoms with Crippen LogP contribution in [0.15, 0.2) is 42.6 Å². The monoisotopic (exact) mass is 313 g/mol. The third-order valence-electron chi connectivity index (χ3n) is 4.28. The summed E-state index contributed by atoms with van der Waals surface area (Å²) in [7, 11) is 0. The topological polar surface area (TPSA) is 84.2 Å². The van der Waals surface area contributed by atoms with Crippen molar-refractivity contribution >= 4 is 11.9 Å². The molecule has 6 nitrogen and oxygen atoms in total. The zero-order valence-corrected chi connectivity index (χ0v) is 12.7. The molecule has 0 atom stereocenters. The lowest BCUT2D eigenvalue weighted by molar-refractivity contribution is -0.149. The van der Waals surface area contributed by atoms with Crippen LogP contribution in [0.3, 0.4) is 0 Å². The average molecular weight is 313 g/mol. The molecule has 23 heavy (non-hydrogen) atoms. The molecule has 0 bridgehead atoms. The number of hydrogen-bond acceptors (Lipinski definition) is 3. The average Bonchev–Trinajstić information content (AvgIpc) is 3.26. The Morgan fingerprint density at radius 3 is 2.61 bits per heavy atom. The van der Waals surface area contributed by atoms with Crippen molar-refractivity contribution < 1.29 is 14.7 Å². The molecule has 1 saturated carbocycles. The Hall–Kier alpha value is -2.63. The summed E-state index contributed by atoms with van der Waals surface area (Å²) in [5, 5.41) is 16.1. The van der Waals surface area contributed by atoms with E-state index in [1.807, 2.05) is 28.9 Å². The minimum Gasteiger partial charge on any atom is -0.480 e. The summed E-state index contributed by atoms with van der Waals surface area (Å²) in [4.78, 5) is 23.2. The lowest BCUT2D eigenvalue weighted by Gasteiger charge is -2.12. The number of rotatable bonds is 7. The molecule has 120 valence electrons. The first kappa shape index (κ1) is 15.3. The van der Waals surface area contributed by atoms with Gasteiger partial charge in [0, 0.05) is 12.7 Å². The molecule has 0 unspecified atom stereocenters. The fraction of sp³-hybridized carbons (Fsp3) is 0.353. The minimum absolute atomic E-state index is 0.294. The Kier molecular flexibility index (Phi) is 4.14. The number of aromatic nitrogens is 2. The summed E-state index contributed by atoms with van der Waals surface area (Å²) in [5.74, 6) is -1.44. The Morgan fingerprint density at radius 1 is 1.22 bits per heavy atom. The number of carbonyl (C=O) groups is 2. The van der Waals surface area contributed by atoms with Crippen LogP contribution >= 0.6 is 0 Å². The molecule has 2 N–H and O–H groups in total. The van der Waals surface area contributed by atoms with Gasteiger partial charge in [-0.25, -0.2) is 0 Å². The molecule has 1 amide bonds. The number of benzene rings is 1. The zero-order chi connectivity index (χ0) is 16.3. The van der Waals surface area contributed by atoms with E-state index in [0.717, 1.165) is 12.1 Å². The van der Waals surface area contributed by atoms with Crippen LogP contribution in [0.4, 0.5) is 0 Å². The molecule has 1 heterocycles. The fourth-order valence-electron chi connectivity index (χ4n) is 2.59. The molecule has 1 aliphatic carbocycles. The summed E-state index contributed by atoms with van der Waals surface area (Å²) >= 11 is 0. The van der Waals surface area contributed by atoms with Gasteiger partial charge in [-0.05, 0) is 30.9 Å². The third kappa shape index (κ3) is 3.26. The number of carboxylic acids is 1. The van der Waals surface area contributed by atoms with Gasteiger partial charge in [0.1, 0.15) is 5.41 Å². The third-order valence-corrected chi connectivity index (χ3v) is 4.28. The van der Waals surface area contributed by atoms with Gasteiger partial charge >= 0.3 is 5.97 Å². The van der Waals surface area contributed by atoms with Gasteiger partial charge in [-0.3, -0.25) is 14.3 Å². The second kappa shape index (κ2) is 6.24. The second-order valence-corrected chi connectivity index (χ2v) is 5.85. The number of amides is 1. The smallest absolute Gasteiger partial charge is 0.319 e. The second-order valence-electron chi connectivity index (χ2n) is 5.85. The van der Waals surface area contributed by atoms with Crippen LogP contribution in [-0.2, 0) is 29.1 Å². The van der Waals surface area contributed by atoms with Crippen molar-refractivity contribution in [3.8, 4) is 0 Å². The SMILES string of the molecule is O=C(O)C1(C(=O)NCc2ccnn2CCc2ccccc2)CC1. The van der Waals surface area contributed by atoms with Crippen LogP contribution < -0.4 is 5.32 Å². The molecular formula is C17H19N3O3. The van der Waals surface area contributed by atoms with Crippen molar-refractivity contribution in [2.24, 2.45) is 5.41 Å². The van der Waals surface area contributed by atoms with Gasteiger partial charge in [-0.1, -0.05) is 30.3 Å². The molecular weight excluding hydrogens is 294 g/mol. The van der Waals surface area contributed by atoms with Crippen LogP contribution in [0.5, 0.6) is 0 Å². The van der Waals surface area contributed by atoms with Crippen molar-refractivity contribution in [1.82, 2.24) is 15.1 Å². The molecule has 6 heteroatoms.